The average Bonchev–Trinajstić information content (AvgIpc) is 3.06. The minimum absolute atomic E-state index is 0.191. The summed E-state index contributed by atoms with van der Waals surface area (Å²) in [5.74, 6) is 1.92. The summed E-state index contributed by atoms with van der Waals surface area (Å²) in [4.78, 5) is 3.29. The van der Waals surface area contributed by atoms with Crippen LogP contribution in [0.3, 0.4) is 0 Å². The molecule has 0 radical (unpaired) electrons. The van der Waals surface area contributed by atoms with Crippen LogP contribution in [-0.2, 0) is 6.42 Å². The smallest absolute Gasteiger partial charge is 0.329 e. The molecule has 24 heavy (non-hydrogen) atoms. The number of hydrogen-bond acceptors (Lipinski definition) is 4. The Morgan fingerprint density at radius 3 is 2.42 bits per heavy atom. The van der Waals surface area contributed by atoms with Gasteiger partial charge >= 0.3 is 5.13 Å². The Hall–Kier alpha value is -2.53. The Kier molecular flexibility index (Phi) is 5.01. The fraction of sp³-hybridized carbons (Fsp3) is 0.211. The fourth-order valence-corrected chi connectivity index (χ4v) is 3.43. The van der Waals surface area contributed by atoms with Gasteiger partial charge in [0.1, 0.15) is 17.2 Å². The molecule has 4 nitrogen and oxygen atoms in total. The Morgan fingerprint density at radius 1 is 1.04 bits per heavy atom. The molecule has 0 saturated heterocycles. The van der Waals surface area contributed by atoms with E-state index in [1.54, 1.807) is 14.2 Å². The van der Waals surface area contributed by atoms with Gasteiger partial charge in [-0.2, -0.15) is 0 Å². The van der Waals surface area contributed by atoms with Gasteiger partial charge in [-0.1, -0.05) is 35.6 Å². The first kappa shape index (κ1) is 16.3. The molecule has 3 N–H and O–H groups in total. The highest BCUT2D eigenvalue weighted by Crippen LogP contribution is 2.30. The van der Waals surface area contributed by atoms with Gasteiger partial charge in [0.25, 0.3) is 0 Å². The minimum atomic E-state index is 0.191. The van der Waals surface area contributed by atoms with E-state index in [0.29, 0.717) is 5.13 Å². The van der Waals surface area contributed by atoms with Crippen LogP contribution in [0.5, 0.6) is 11.5 Å². The molecule has 1 unspecified atom stereocenters. The second kappa shape index (κ2) is 7.36. The number of aromatic nitrogens is 1. The van der Waals surface area contributed by atoms with Crippen LogP contribution in [-0.4, -0.2) is 14.2 Å². The van der Waals surface area contributed by atoms with Crippen LogP contribution in [0.15, 0.2) is 53.9 Å². The van der Waals surface area contributed by atoms with Gasteiger partial charge in [0.05, 0.1) is 20.1 Å². The average molecular weight is 341 g/mol. The lowest BCUT2D eigenvalue weighted by Crippen LogP contribution is -2.17. The van der Waals surface area contributed by atoms with Crippen molar-refractivity contribution in [1.29, 1.82) is 0 Å². The first-order valence-electron chi connectivity index (χ1n) is 7.72. The lowest BCUT2D eigenvalue weighted by atomic mass is 9.89. The van der Waals surface area contributed by atoms with E-state index in [4.69, 9.17) is 15.2 Å². The van der Waals surface area contributed by atoms with Gasteiger partial charge in [-0.15, -0.1) is 0 Å². The molecule has 1 heterocycles. The molecular weight excluding hydrogens is 320 g/mol. The zero-order valence-electron chi connectivity index (χ0n) is 13.8. The Labute approximate surface area is 145 Å². The lowest BCUT2D eigenvalue weighted by molar-refractivity contribution is -0.368. The molecule has 0 bridgehead atoms. The van der Waals surface area contributed by atoms with Crippen LogP contribution < -0.4 is 20.2 Å². The quantitative estimate of drug-likeness (QED) is 0.746. The molecule has 0 amide bonds. The van der Waals surface area contributed by atoms with Crippen molar-refractivity contribution < 1.29 is 14.5 Å². The number of thiazole rings is 1. The van der Waals surface area contributed by atoms with E-state index >= 15 is 0 Å². The summed E-state index contributed by atoms with van der Waals surface area (Å²) < 4.78 is 10.6. The maximum atomic E-state index is 5.90. The predicted octanol–water partition coefficient (Wildman–Crippen LogP) is 3.54. The molecule has 5 heteroatoms. The predicted molar refractivity (Wildman–Crippen MR) is 96.8 cm³/mol. The van der Waals surface area contributed by atoms with Gasteiger partial charge in [0.2, 0.25) is 0 Å². The summed E-state index contributed by atoms with van der Waals surface area (Å²) in [6, 6.07) is 16.4. The van der Waals surface area contributed by atoms with Gasteiger partial charge in [-0.05, 0) is 41.8 Å². The maximum Gasteiger partial charge on any atom is 0.329 e. The van der Waals surface area contributed by atoms with E-state index < -0.39 is 0 Å². The summed E-state index contributed by atoms with van der Waals surface area (Å²) in [5, 5.41) is 2.80. The van der Waals surface area contributed by atoms with Crippen molar-refractivity contribution in [3.8, 4) is 11.5 Å². The van der Waals surface area contributed by atoms with Crippen molar-refractivity contribution in [2.24, 2.45) is 0 Å². The van der Waals surface area contributed by atoms with Crippen molar-refractivity contribution in [2.75, 3.05) is 20.0 Å². The van der Waals surface area contributed by atoms with E-state index in [1.807, 2.05) is 24.3 Å². The molecule has 0 saturated carbocycles. The SMILES string of the molecule is COc1ccc(C(Cc2cccc(OC)c2)c2csc(N)[nH+]2)cc1. The van der Waals surface area contributed by atoms with Crippen molar-refractivity contribution in [3.05, 3.63) is 70.7 Å². The van der Waals surface area contributed by atoms with E-state index in [1.165, 1.54) is 22.5 Å². The molecule has 1 aromatic heterocycles. The maximum absolute atomic E-state index is 5.90. The molecule has 3 rings (SSSR count). The van der Waals surface area contributed by atoms with E-state index in [0.717, 1.165) is 23.6 Å². The second-order valence-electron chi connectivity index (χ2n) is 5.56. The highest BCUT2D eigenvalue weighted by molar-refractivity contribution is 7.13. The molecule has 0 aliphatic heterocycles. The highest BCUT2D eigenvalue weighted by atomic mass is 32.1. The fourth-order valence-electron chi connectivity index (χ4n) is 2.78. The molecule has 0 fully saturated rings. The van der Waals surface area contributed by atoms with Gasteiger partial charge in [-0.3, -0.25) is 5.73 Å². The number of nitrogens with one attached hydrogen (secondary N) is 1. The Bertz CT molecular complexity index is 799. The summed E-state index contributed by atoms with van der Waals surface area (Å²) in [6.45, 7) is 0. The number of aromatic amines is 1. The number of benzene rings is 2. The summed E-state index contributed by atoms with van der Waals surface area (Å²) in [7, 11) is 3.36. The van der Waals surface area contributed by atoms with Crippen LogP contribution in [0.1, 0.15) is 22.7 Å². The molecule has 3 aromatic rings. The van der Waals surface area contributed by atoms with Gasteiger partial charge in [0.15, 0.2) is 0 Å². The van der Waals surface area contributed by atoms with E-state index in [-0.39, 0.29) is 5.92 Å². The molecular formula is C19H21N2O2S+. The third kappa shape index (κ3) is 3.68. The number of hydrogen-bond donors (Lipinski definition) is 1. The second-order valence-corrected chi connectivity index (χ2v) is 6.47. The van der Waals surface area contributed by atoms with Crippen LogP contribution >= 0.6 is 11.3 Å². The van der Waals surface area contributed by atoms with Crippen LogP contribution in [0.2, 0.25) is 0 Å². The summed E-state index contributed by atoms with van der Waals surface area (Å²) in [5.41, 5.74) is 9.45. The molecule has 0 aliphatic rings. The molecule has 0 aliphatic carbocycles. The van der Waals surface area contributed by atoms with Gasteiger partial charge < -0.3 is 9.47 Å². The normalized spacial score (nSPS) is 11.9. The molecule has 0 spiro atoms. The Balaban J connectivity index is 1.94. The minimum Gasteiger partial charge on any atom is -0.497 e. The number of nitrogens with two attached hydrogens (primary N) is 1. The highest BCUT2D eigenvalue weighted by Gasteiger charge is 2.20. The number of anilines is 1. The number of rotatable bonds is 6. The van der Waals surface area contributed by atoms with E-state index in [9.17, 15) is 0 Å². The topological polar surface area (TPSA) is 58.6 Å². The van der Waals surface area contributed by atoms with Crippen molar-refractivity contribution in [3.63, 3.8) is 0 Å². The van der Waals surface area contributed by atoms with Crippen LogP contribution in [0, 0.1) is 0 Å². The zero-order chi connectivity index (χ0) is 16.9. The number of ether oxygens (including phenoxy) is 2. The van der Waals surface area contributed by atoms with Crippen molar-refractivity contribution in [2.45, 2.75) is 12.3 Å². The van der Waals surface area contributed by atoms with Gasteiger partial charge in [0, 0.05) is 5.38 Å². The van der Waals surface area contributed by atoms with E-state index in [2.05, 4.69) is 34.6 Å². The monoisotopic (exact) mass is 341 g/mol. The van der Waals surface area contributed by atoms with Crippen LogP contribution in [0.4, 0.5) is 5.13 Å². The molecule has 124 valence electrons. The number of methoxy groups -OCH3 is 2. The van der Waals surface area contributed by atoms with Crippen molar-refractivity contribution >= 4 is 16.5 Å². The first-order chi connectivity index (χ1) is 11.7. The summed E-state index contributed by atoms with van der Waals surface area (Å²) >= 11 is 1.53. The van der Waals surface area contributed by atoms with Crippen LogP contribution in [0.25, 0.3) is 0 Å². The standard InChI is InChI=1S/C19H20N2O2S/c1-22-15-8-6-14(7-9-15)17(18-12-24-19(20)21-18)11-13-4-3-5-16(10-13)23-2/h3-10,12,17H,11H2,1-2H3,(H2,20,21)/p+1. The van der Waals surface area contributed by atoms with Gasteiger partial charge in [-0.25, -0.2) is 4.98 Å². The third-order valence-corrected chi connectivity index (χ3v) is 4.78. The first-order valence-corrected chi connectivity index (χ1v) is 8.60. The lowest BCUT2D eigenvalue weighted by Gasteiger charge is -2.15. The third-order valence-electron chi connectivity index (χ3n) is 4.05. The number of nitrogen functional groups attached to an aromatic ring is 1. The Morgan fingerprint density at radius 2 is 1.79 bits per heavy atom. The largest absolute Gasteiger partial charge is 0.497 e. The zero-order valence-corrected chi connectivity index (χ0v) is 14.6. The number of H-pyrrole nitrogens is 1. The molecule has 1 atom stereocenters. The molecule has 2 aromatic carbocycles. The summed E-state index contributed by atoms with van der Waals surface area (Å²) in [6.07, 6.45) is 0.857. The van der Waals surface area contributed by atoms with Crippen molar-refractivity contribution in [1.82, 2.24) is 0 Å².